The number of carbonyl (C=O) groups is 1. The summed E-state index contributed by atoms with van der Waals surface area (Å²) in [6.45, 7) is 2.07. The van der Waals surface area contributed by atoms with Crippen molar-refractivity contribution < 1.29 is 9.90 Å². The van der Waals surface area contributed by atoms with Gasteiger partial charge in [0.15, 0.2) is 0 Å². The molecule has 1 N–H and O–H groups in total. The van der Waals surface area contributed by atoms with Gasteiger partial charge in [0, 0.05) is 10.3 Å². The molecule has 0 radical (unpaired) electrons. The lowest BCUT2D eigenvalue weighted by molar-refractivity contribution is -0.139. The molecule has 2 atom stereocenters. The fourth-order valence-electron chi connectivity index (χ4n) is 2.03. The van der Waals surface area contributed by atoms with Crippen LogP contribution >= 0.6 is 11.3 Å². The summed E-state index contributed by atoms with van der Waals surface area (Å²) in [6.07, 6.45) is 1.75. The molecule has 0 aromatic carbocycles. The Labute approximate surface area is 81.2 Å². The van der Waals surface area contributed by atoms with Gasteiger partial charge in [-0.3, -0.25) is 4.79 Å². The van der Waals surface area contributed by atoms with Crippen LogP contribution in [0.1, 0.15) is 24.6 Å². The van der Waals surface area contributed by atoms with Crippen LogP contribution in [-0.2, 0) is 10.2 Å². The molecule has 0 aliphatic heterocycles. The smallest absolute Gasteiger partial charge is 0.307 e. The molecule has 2 nitrogen and oxygen atoms in total. The molecule has 3 heteroatoms. The number of thiophene rings is 1. The fourth-order valence-corrected chi connectivity index (χ4v) is 3.09. The lowest BCUT2D eigenvalue weighted by Crippen LogP contribution is -2.12. The highest BCUT2D eigenvalue weighted by atomic mass is 32.1. The molecule has 1 fully saturated rings. The predicted molar refractivity (Wildman–Crippen MR) is 52.0 cm³/mol. The van der Waals surface area contributed by atoms with E-state index in [4.69, 9.17) is 5.11 Å². The standard InChI is InChI=1S/C10H12O2S/c1-2-10(6-7(10)9(11)12)8-4-3-5-13-8/h3-5,7H,2,6H2,1H3,(H,11,12). The van der Waals surface area contributed by atoms with Crippen molar-refractivity contribution in [3.63, 3.8) is 0 Å². The van der Waals surface area contributed by atoms with E-state index in [0.29, 0.717) is 0 Å². The van der Waals surface area contributed by atoms with Gasteiger partial charge in [-0.05, 0) is 24.3 Å². The molecule has 1 heterocycles. The third kappa shape index (κ3) is 1.18. The maximum atomic E-state index is 10.8. The largest absolute Gasteiger partial charge is 0.481 e. The maximum Gasteiger partial charge on any atom is 0.307 e. The molecule has 0 bridgehead atoms. The molecule has 1 aliphatic rings. The number of hydrogen-bond acceptors (Lipinski definition) is 2. The van der Waals surface area contributed by atoms with Crippen molar-refractivity contribution in [1.82, 2.24) is 0 Å². The third-order valence-electron chi connectivity index (χ3n) is 3.02. The zero-order valence-corrected chi connectivity index (χ0v) is 8.30. The molecule has 0 amide bonds. The molecular formula is C10H12O2S. The highest BCUT2D eigenvalue weighted by Gasteiger charge is 2.58. The van der Waals surface area contributed by atoms with Crippen LogP contribution in [0.3, 0.4) is 0 Å². The van der Waals surface area contributed by atoms with Crippen LogP contribution in [0, 0.1) is 5.92 Å². The Balaban J connectivity index is 2.26. The van der Waals surface area contributed by atoms with Crippen molar-refractivity contribution >= 4 is 17.3 Å². The van der Waals surface area contributed by atoms with Gasteiger partial charge in [0.1, 0.15) is 0 Å². The summed E-state index contributed by atoms with van der Waals surface area (Å²) < 4.78 is 0. The Morgan fingerprint density at radius 3 is 3.00 bits per heavy atom. The minimum Gasteiger partial charge on any atom is -0.481 e. The monoisotopic (exact) mass is 196 g/mol. The Hall–Kier alpha value is -0.830. The summed E-state index contributed by atoms with van der Waals surface area (Å²) in [6, 6.07) is 4.05. The van der Waals surface area contributed by atoms with Crippen molar-refractivity contribution in [2.45, 2.75) is 25.2 Å². The number of rotatable bonds is 3. The second kappa shape index (κ2) is 2.84. The van der Waals surface area contributed by atoms with E-state index in [1.807, 2.05) is 11.4 Å². The van der Waals surface area contributed by atoms with Gasteiger partial charge in [0.25, 0.3) is 0 Å². The van der Waals surface area contributed by atoms with Gasteiger partial charge in [0.05, 0.1) is 5.92 Å². The van der Waals surface area contributed by atoms with Gasteiger partial charge in [-0.15, -0.1) is 11.3 Å². The van der Waals surface area contributed by atoms with E-state index in [1.54, 1.807) is 11.3 Å². The molecule has 70 valence electrons. The van der Waals surface area contributed by atoms with Gasteiger partial charge in [-0.1, -0.05) is 13.0 Å². The van der Waals surface area contributed by atoms with Crippen LogP contribution in [0.15, 0.2) is 17.5 Å². The topological polar surface area (TPSA) is 37.3 Å². The summed E-state index contributed by atoms with van der Waals surface area (Å²) in [5, 5.41) is 10.9. The first-order valence-electron chi connectivity index (χ1n) is 4.47. The first-order chi connectivity index (χ1) is 6.20. The summed E-state index contributed by atoms with van der Waals surface area (Å²) in [4.78, 5) is 12.1. The lowest BCUT2D eigenvalue weighted by Gasteiger charge is -2.10. The Bertz CT molecular complexity index is 318. The van der Waals surface area contributed by atoms with Crippen LogP contribution in [0.2, 0.25) is 0 Å². The SMILES string of the molecule is CCC1(c2cccs2)CC1C(=O)O. The van der Waals surface area contributed by atoms with Crippen molar-refractivity contribution in [3.05, 3.63) is 22.4 Å². The van der Waals surface area contributed by atoms with Gasteiger partial charge in [-0.25, -0.2) is 0 Å². The fraction of sp³-hybridized carbons (Fsp3) is 0.500. The number of hydrogen-bond donors (Lipinski definition) is 1. The summed E-state index contributed by atoms with van der Waals surface area (Å²) >= 11 is 1.67. The minimum absolute atomic E-state index is 0.0278. The molecule has 1 aliphatic carbocycles. The van der Waals surface area contributed by atoms with Crippen molar-refractivity contribution in [2.75, 3.05) is 0 Å². The van der Waals surface area contributed by atoms with Crippen molar-refractivity contribution in [1.29, 1.82) is 0 Å². The van der Waals surface area contributed by atoms with Gasteiger partial charge in [-0.2, -0.15) is 0 Å². The van der Waals surface area contributed by atoms with Gasteiger partial charge in [0.2, 0.25) is 0 Å². The molecule has 13 heavy (non-hydrogen) atoms. The average Bonchev–Trinajstić information content (AvgIpc) is 2.62. The highest BCUT2D eigenvalue weighted by molar-refractivity contribution is 7.10. The van der Waals surface area contributed by atoms with Crippen LogP contribution in [0.25, 0.3) is 0 Å². The quantitative estimate of drug-likeness (QED) is 0.806. The molecule has 1 aromatic heterocycles. The minimum atomic E-state index is -0.643. The van der Waals surface area contributed by atoms with Gasteiger partial charge < -0.3 is 5.11 Å². The molecule has 2 rings (SSSR count). The maximum absolute atomic E-state index is 10.8. The summed E-state index contributed by atoms with van der Waals surface area (Å²) in [7, 11) is 0. The average molecular weight is 196 g/mol. The molecule has 1 aromatic rings. The summed E-state index contributed by atoms with van der Waals surface area (Å²) in [5.41, 5.74) is -0.0278. The van der Waals surface area contributed by atoms with E-state index in [0.717, 1.165) is 12.8 Å². The van der Waals surface area contributed by atoms with E-state index < -0.39 is 5.97 Å². The zero-order valence-electron chi connectivity index (χ0n) is 7.49. The molecule has 0 spiro atoms. The van der Waals surface area contributed by atoms with Crippen LogP contribution in [-0.4, -0.2) is 11.1 Å². The first-order valence-corrected chi connectivity index (χ1v) is 5.35. The van der Waals surface area contributed by atoms with E-state index in [2.05, 4.69) is 13.0 Å². The van der Waals surface area contributed by atoms with Gasteiger partial charge >= 0.3 is 5.97 Å². The number of aliphatic carboxylic acids is 1. The van der Waals surface area contributed by atoms with Crippen molar-refractivity contribution in [3.8, 4) is 0 Å². The number of carboxylic acid groups (broad SMARTS) is 1. The van der Waals surface area contributed by atoms with Crippen molar-refractivity contribution in [2.24, 2.45) is 5.92 Å². The Morgan fingerprint density at radius 2 is 2.62 bits per heavy atom. The number of carboxylic acids is 1. The van der Waals surface area contributed by atoms with Crippen LogP contribution in [0.4, 0.5) is 0 Å². The molecule has 0 saturated heterocycles. The molecule has 1 saturated carbocycles. The second-order valence-electron chi connectivity index (χ2n) is 3.58. The van der Waals surface area contributed by atoms with E-state index >= 15 is 0 Å². The first kappa shape index (κ1) is 8.75. The zero-order chi connectivity index (χ0) is 9.47. The highest BCUT2D eigenvalue weighted by Crippen LogP contribution is 2.57. The molecular weight excluding hydrogens is 184 g/mol. The normalized spacial score (nSPS) is 31.6. The van der Waals surface area contributed by atoms with E-state index in [1.165, 1.54) is 4.88 Å². The van der Waals surface area contributed by atoms with Crippen LogP contribution < -0.4 is 0 Å². The third-order valence-corrected chi connectivity index (χ3v) is 4.11. The summed E-state index contributed by atoms with van der Waals surface area (Å²) in [5.74, 6) is -0.786. The van der Waals surface area contributed by atoms with E-state index in [9.17, 15) is 4.79 Å². The lowest BCUT2D eigenvalue weighted by atomic mass is 9.98. The Kier molecular flexibility index (Phi) is 1.91. The predicted octanol–water partition coefficient (Wildman–Crippen LogP) is 2.50. The molecule has 2 unspecified atom stereocenters. The van der Waals surface area contributed by atoms with Crippen LogP contribution in [0.5, 0.6) is 0 Å². The Morgan fingerprint density at radius 1 is 1.85 bits per heavy atom. The van der Waals surface area contributed by atoms with E-state index in [-0.39, 0.29) is 11.3 Å². The second-order valence-corrected chi connectivity index (χ2v) is 4.53.